The van der Waals surface area contributed by atoms with E-state index in [1.165, 1.54) is 19.4 Å². The molecule has 1 saturated heterocycles. The van der Waals surface area contributed by atoms with Gasteiger partial charge in [0.15, 0.2) is 0 Å². The van der Waals surface area contributed by atoms with Gasteiger partial charge in [-0.3, -0.25) is 14.6 Å². The number of hydrogen-bond donors (Lipinski definition) is 0. The van der Waals surface area contributed by atoms with Crippen LogP contribution in [-0.4, -0.2) is 61.6 Å². The van der Waals surface area contributed by atoms with E-state index in [0.29, 0.717) is 19.2 Å². The van der Waals surface area contributed by atoms with Gasteiger partial charge < -0.3 is 4.74 Å². The van der Waals surface area contributed by atoms with Crippen molar-refractivity contribution >= 4 is 5.97 Å². The van der Waals surface area contributed by atoms with Gasteiger partial charge in [-0.15, -0.1) is 0 Å². The summed E-state index contributed by atoms with van der Waals surface area (Å²) in [6.07, 6.45) is 2.53. The monoisotopic (exact) mass is 228 g/mol. The third-order valence-electron chi connectivity index (χ3n) is 3.13. The average Bonchev–Trinajstić information content (AvgIpc) is 2.65. The van der Waals surface area contributed by atoms with Crippen molar-refractivity contribution in [1.29, 1.82) is 0 Å². The number of ether oxygens (including phenoxy) is 1. The van der Waals surface area contributed by atoms with Crippen molar-refractivity contribution < 1.29 is 9.53 Å². The van der Waals surface area contributed by atoms with Crippen LogP contribution in [0.5, 0.6) is 0 Å². The fraction of sp³-hybridized carbons (Fsp3) is 0.917. The van der Waals surface area contributed by atoms with Gasteiger partial charge in [-0.2, -0.15) is 0 Å². The molecule has 0 aromatic carbocycles. The molecular weight excluding hydrogens is 204 g/mol. The predicted octanol–water partition coefficient (Wildman–Crippen LogP) is 0.966. The minimum atomic E-state index is -0.119. The Balaban J connectivity index is 2.27. The first-order chi connectivity index (χ1) is 7.67. The van der Waals surface area contributed by atoms with Crippen LogP contribution in [0.1, 0.15) is 26.7 Å². The molecule has 0 N–H and O–H groups in total. The second kappa shape index (κ2) is 6.86. The Kier molecular flexibility index (Phi) is 5.77. The van der Waals surface area contributed by atoms with Crippen molar-refractivity contribution in [3.8, 4) is 0 Å². The molecule has 4 heteroatoms. The normalized spacial score (nSPS) is 21.6. The summed E-state index contributed by atoms with van der Waals surface area (Å²) >= 11 is 0. The summed E-state index contributed by atoms with van der Waals surface area (Å²) in [5.74, 6) is -0.119. The molecule has 1 unspecified atom stereocenters. The van der Waals surface area contributed by atoms with Crippen molar-refractivity contribution in [2.24, 2.45) is 0 Å². The Morgan fingerprint density at radius 1 is 1.50 bits per heavy atom. The summed E-state index contributed by atoms with van der Waals surface area (Å²) in [4.78, 5) is 15.9. The maximum Gasteiger partial charge on any atom is 0.320 e. The number of carbonyl (C=O) groups is 1. The van der Waals surface area contributed by atoms with Crippen LogP contribution in [0.3, 0.4) is 0 Å². The van der Waals surface area contributed by atoms with Crippen LogP contribution in [0.2, 0.25) is 0 Å². The van der Waals surface area contributed by atoms with Crippen LogP contribution in [0, 0.1) is 0 Å². The van der Waals surface area contributed by atoms with E-state index in [1.54, 1.807) is 0 Å². The number of hydrogen-bond acceptors (Lipinski definition) is 4. The molecule has 1 aliphatic heterocycles. The zero-order chi connectivity index (χ0) is 12.0. The summed E-state index contributed by atoms with van der Waals surface area (Å²) < 4.78 is 4.94. The molecule has 1 atom stereocenters. The molecule has 0 aromatic rings. The highest BCUT2D eigenvalue weighted by atomic mass is 16.5. The molecule has 4 nitrogen and oxygen atoms in total. The molecule has 1 aliphatic rings. The lowest BCUT2D eigenvalue weighted by Gasteiger charge is -2.27. The number of rotatable bonds is 6. The van der Waals surface area contributed by atoms with Gasteiger partial charge in [0.2, 0.25) is 0 Å². The summed E-state index contributed by atoms with van der Waals surface area (Å²) in [7, 11) is 1.99. The van der Waals surface area contributed by atoms with Crippen molar-refractivity contribution in [2.45, 2.75) is 32.7 Å². The van der Waals surface area contributed by atoms with Gasteiger partial charge in [-0.25, -0.2) is 0 Å². The molecule has 94 valence electrons. The van der Waals surface area contributed by atoms with Crippen molar-refractivity contribution in [2.75, 3.05) is 39.8 Å². The first-order valence-corrected chi connectivity index (χ1v) is 6.25. The molecule has 1 heterocycles. The first kappa shape index (κ1) is 13.5. The fourth-order valence-corrected chi connectivity index (χ4v) is 2.37. The molecule has 0 aliphatic carbocycles. The molecule has 0 spiro atoms. The first-order valence-electron chi connectivity index (χ1n) is 6.25. The van der Waals surface area contributed by atoms with E-state index in [4.69, 9.17) is 4.74 Å². The fourth-order valence-electron chi connectivity index (χ4n) is 2.37. The zero-order valence-electron chi connectivity index (χ0n) is 10.7. The minimum absolute atomic E-state index is 0.119. The van der Waals surface area contributed by atoms with Gasteiger partial charge in [0.05, 0.1) is 13.2 Å². The standard InChI is InChI=1S/C12H24N2O2/c1-4-14-8-6-7-11(14)9-13(3)10-12(15)16-5-2/h11H,4-10H2,1-3H3. The smallest absolute Gasteiger partial charge is 0.320 e. The van der Waals surface area contributed by atoms with E-state index in [2.05, 4.69) is 16.7 Å². The summed E-state index contributed by atoms with van der Waals surface area (Å²) in [5.41, 5.74) is 0. The van der Waals surface area contributed by atoms with E-state index >= 15 is 0 Å². The Labute approximate surface area is 98.5 Å². The number of likely N-dealkylation sites (N-methyl/N-ethyl adjacent to an activating group) is 2. The number of likely N-dealkylation sites (tertiary alicyclic amines) is 1. The quantitative estimate of drug-likeness (QED) is 0.634. The Hall–Kier alpha value is -0.610. The molecular formula is C12H24N2O2. The van der Waals surface area contributed by atoms with Crippen LogP contribution < -0.4 is 0 Å². The Morgan fingerprint density at radius 2 is 2.25 bits per heavy atom. The van der Waals surface area contributed by atoms with Crippen molar-refractivity contribution in [1.82, 2.24) is 9.80 Å². The molecule has 0 bridgehead atoms. The molecule has 0 radical (unpaired) electrons. The van der Waals surface area contributed by atoms with Gasteiger partial charge in [-0.1, -0.05) is 6.92 Å². The second-order valence-corrected chi connectivity index (χ2v) is 4.43. The van der Waals surface area contributed by atoms with Crippen LogP contribution in [0.25, 0.3) is 0 Å². The summed E-state index contributed by atoms with van der Waals surface area (Å²) in [6, 6.07) is 0.615. The minimum Gasteiger partial charge on any atom is -0.465 e. The predicted molar refractivity (Wildman–Crippen MR) is 64.4 cm³/mol. The van der Waals surface area contributed by atoms with Gasteiger partial charge in [-0.05, 0) is 39.9 Å². The van der Waals surface area contributed by atoms with Crippen molar-refractivity contribution in [3.63, 3.8) is 0 Å². The molecule has 0 amide bonds. The number of esters is 1. The highest BCUT2D eigenvalue weighted by molar-refractivity contribution is 5.71. The van der Waals surface area contributed by atoms with Gasteiger partial charge >= 0.3 is 5.97 Å². The topological polar surface area (TPSA) is 32.8 Å². The molecule has 1 rings (SSSR count). The lowest BCUT2D eigenvalue weighted by Crippen LogP contribution is -2.40. The second-order valence-electron chi connectivity index (χ2n) is 4.43. The van der Waals surface area contributed by atoms with Gasteiger partial charge in [0.1, 0.15) is 0 Å². The Bertz CT molecular complexity index is 221. The third-order valence-corrected chi connectivity index (χ3v) is 3.13. The van der Waals surface area contributed by atoms with Gasteiger partial charge in [0.25, 0.3) is 0 Å². The highest BCUT2D eigenvalue weighted by Crippen LogP contribution is 2.17. The number of carbonyl (C=O) groups excluding carboxylic acids is 1. The largest absolute Gasteiger partial charge is 0.465 e. The van der Waals surface area contributed by atoms with Crippen LogP contribution >= 0.6 is 0 Å². The zero-order valence-corrected chi connectivity index (χ0v) is 10.7. The van der Waals surface area contributed by atoms with Crippen LogP contribution in [-0.2, 0) is 9.53 Å². The van der Waals surface area contributed by atoms with E-state index in [1.807, 2.05) is 14.0 Å². The highest BCUT2D eigenvalue weighted by Gasteiger charge is 2.24. The molecule has 1 fully saturated rings. The van der Waals surface area contributed by atoms with Crippen LogP contribution in [0.4, 0.5) is 0 Å². The molecule has 0 aromatic heterocycles. The van der Waals surface area contributed by atoms with E-state index in [0.717, 1.165) is 13.1 Å². The maximum absolute atomic E-state index is 11.3. The van der Waals surface area contributed by atoms with Crippen molar-refractivity contribution in [3.05, 3.63) is 0 Å². The van der Waals surface area contributed by atoms with Gasteiger partial charge in [0, 0.05) is 12.6 Å². The average molecular weight is 228 g/mol. The molecule has 0 saturated carbocycles. The summed E-state index contributed by atoms with van der Waals surface area (Å²) in [5, 5.41) is 0. The maximum atomic E-state index is 11.3. The number of nitrogens with zero attached hydrogens (tertiary/aromatic N) is 2. The van der Waals surface area contributed by atoms with E-state index in [9.17, 15) is 4.79 Å². The lowest BCUT2D eigenvalue weighted by atomic mass is 10.2. The van der Waals surface area contributed by atoms with E-state index in [-0.39, 0.29) is 5.97 Å². The summed E-state index contributed by atoms with van der Waals surface area (Å²) in [6.45, 7) is 8.19. The SMILES string of the molecule is CCOC(=O)CN(C)CC1CCCN1CC. The Morgan fingerprint density at radius 3 is 2.88 bits per heavy atom. The van der Waals surface area contributed by atoms with E-state index < -0.39 is 0 Å². The third kappa shape index (κ3) is 4.10. The van der Waals surface area contributed by atoms with Crippen LogP contribution in [0.15, 0.2) is 0 Å². The lowest BCUT2D eigenvalue weighted by molar-refractivity contribution is -0.144. The molecule has 16 heavy (non-hydrogen) atoms.